The second kappa shape index (κ2) is 8.10. The van der Waals surface area contributed by atoms with Gasteiger partial charge in [-0.1, -0.05) is 34.1 Å². The predicted molar refractivity (Wildman–Crippen MR) is 103 cm³/mol. The van der Waals surface area contributed by atoms with Crippen LogP contribution in [-0.4, -0.2) is 13.0 Å². The number of aryl methyl sites for hydroxylation is 1. The van der Waals surface area contributed by atoms with E-state index in [9.17, 15) is 4.79 Å². The van der Waals surface area contributed by atoms with Crippen LogP contribution in [0.3, 0.4) is 0 Å². The average molecular weight is 416 g/mol. The second-order valence-electron chi connectivity index (χ2n) is 5.62. The normalized spacial score (nSPS) is 10.4. The molecule has 134 valence electrons. The Morgan fingerprint density at radius 1 is 1.12 bits per heavy atom. The number of carbonyl (C=O) groups is 1. The number of anilines is 1. The van der Waals surface area contributed by atoms with E-state index in [-0.39, 0.29) is 18.3 Å². The predicted octanol–water partition coefficient (Wildman–Crippen LogP) is 5.19. The van der Waals surface area contributed by atoms with E-state index in [2.05, 4.69) is 21.2 Å². The Bertz CT molecular complexity index is 920. The van der Waals surface area contributed by atoms with Crippen LogP contribution in [0.2, 0.25) is 0 Å². The highest BCUT2D eigenvalue weighted by Crippen LogP contribution is 2.27. The van der Waals surface area contributed by atoms with Gasteiger partial charge in [0.05, 0.1) is 7.11 Å². The van der Waals surface area contributed by atoms with Gasteiger partial charge in [0.2, 0.25) is 0 Å². The second-order valence-corrected chi connectivity index (χ2v) is 6.48. The smallest absolute Gasteiger partial charge is 0.291 e. The minimum absolute atomic E-state index is 0.198. The van der Waals surface area contributed by atoms with Crippen LogP contribution in [0.25, 0.3) is 0 Å². The third kappa shape index (κ3) is 4.26. The lowest BCUT2D eigenvalue weighted by Crippen LogP contribution is -2.10. The number of halogens is 1. The Hall–Kier alpha value is -2.73. The third-order valence-electron chi connectivity index (χ3n) is 3.75. The van der Waals surface area contributed by atoms with E-state index < -0.39 is 0 Å². The molecule has 0 saturated heterocycles. The molecule has 2 aromatic carbocycles. The van der Waals surface area contributed by atoms with Crippen molar-refractivity contribution >= 4 is 27.5 Å². The number of amides is 1. The Balaban J connectivity index is 1.63. The van der Waals surface area contributed by atoms with Gasteiger partial charge in [-0.05, 0) is 48.9 Å². The zero-order valence-electron chi connectivity index (χ0n) is 14.4. The van der Waals surface area contributed by atoms with Crippen molar-refractivity contribution in [1.29, 1.82) is 0 Å². The van der Waals surface area contributed by atoms with E-state index in [1.54, 1.807) is 19.2 Å². The van der Waals surface area contributed by atoms with Crippen molar-refractivity contribution in [1.82, 2.24) is 0 Å². The lowest BCUT2D eigenvalue weighted by Gasteiger charge is -2.08. The van der Waals surface area contributed by atoms with Crippen LogP contribution in [0.4, 0.5) is 5.69 Å². The van der Waals surface area contributed by atoms with Crippen molar-refractivity contribution in [3.05, 3.63) is 76.2 Å². The third-order valence-corrected chi connectivity index (χ3v) is 4.61. The Morgan fingerprint density at radius 3 is 2.62 bits per heavy atom. The van der Waals surface area contributed by atoms with Gasteiger partial charge in [0, 0.05) is 10.2 Å². The molecule has 6 heteroatoms. The molecule has 0 bridgehead atoms. The van der Waals surface area contributed by atoms with E-state index in [0.717, 1.165) is 10.0 Å². The SMILES string of the molecule is COc1ccccc1OCc1ccc(C(=O)Nc2ccc(C)c(Br)c2)o1. The summed E-state index contributed by atoms with van der Waals surface area (Å²) in [6.07, 6.45) is 0. The summed E-state index contributed by atoms with van der Waals surface area (Å²) in [6, 6.07) is 16.3. The molecule has 0 radical (unpaired) electrons. The van der Waals surface area contributed by atoms with Gasteiger partial charge >= 0.3 is 0 Å². The van der Waals surface area contributed by atoms with Crippen molar-refractivity contribution in [3.8, 4) is 11.5 Å². The van der Waals surface area contributed by atoms with Crippen LogP contribution in [0.5, 0.6) is 11.5 Å². The zero-order chi connectivity index (χ0) is 18.5. The summed E-state index contributed by atoms with van der Waals surface area (Å²) in [7, 11) is 1.58. The monoisotopic (exact) mass is 415 g/mol. The minimum atomic E-state index is -0.315. The molecule has 0 atom stereocenters. The molecule has 1 heterocycles. The Morgan fingerprint density at radius 2 is 1.88 bits per heavy atom. The van der Waals surface area contributed by atoms with Crippen molar-refractivity contribution in [2.45, 2.75) is 13.5 Å². The minimum Gasteiger partial charge on any atom is -0.493 e. The highest BCUT2D eigenvalue weighted by Gasteiger charge is 2.13. The number of benzene rings is 2. The van der Waals surface area contributed by atoms with E-state index in [4.69, 9.17) is 13.9 Å². The molecule has 0 saturated carbocycles. The molecule has 1 aromatic heterocycles. The largest absolute Gasteiger partial charge is 0.493 e. The topological polar surface area (TPSA) is 60.7 Å². The first-order chi connectivity index (χ1) is 12.6. The number of rotatable bonds is 6. The highest BCUT2D eigenvalue weighted by atomic mass is 79.9. The van der Waals surface area contributed by atoms with E-state index in [0.29, 0.717) is 22.9 Å². The molecule has 5 nitrogen and oxygen atoms in total. The first-order valence-corrected chi connectivity index (χ1v) is 8.78. The van der Waals surface area contributed by atoms with Gasteiger partial charge in [-0.2, -0.15) is 0 Å². The standard InChI is InChI=1S/C20H18BrNO4/c1-13-7-8-14(11-16(13)21)22-20(23)19-10-9-15(26-19)12-25-18-6-4-3-5-17(18)24-2/h3-11H,12H2,1-2H3,(H,22,23). The fourth-order valence-corrected chi connectivity index (χ4v) is 2.71. The molecule has 1 amide bonds. The maximum Gasteiger partial charge on any atom is 0.291 e. The van der Waals surface area contributed by atoms with Crippen LogP contribution in [0, 0.1) is 6.92 Å². The van der Waals surface area contributed by atoms with Crippen LogP contribution < -0.4 is 14.8 Å². The Labute approximate surface area is 160 Å². The van der Waals surface area contributed by atoms with Gasteiger partial charge in [0.25, 0.3) is 5.91 Å². The van der Waals surface area contributed by atoms with E-state index >= 15 is 0 Å². The summed E-state index contributed by atoms with van der Waals surface area (Å²) < 4.78 is 17.4. The summed E-state index contributed by atoms with van der Waals surface area (Å²) in [6.45, 7) is 2.18. The van der Waals surface area contributed by atoms with Crippen molar-refractivity contribution < 1.29 is 18.7 Å². The fourth-order valence-electron chi connectivity index (χ4n) is 2.33. The number of nitrogens with one attached hydrogen (secondary N) is 1. The number of hydrogen-bond donors (Lipinski definition) is 1. The molecule has 0 spiro atoms. The maximum atomic E-state index is 12.3. The van der Waals surface area contributed by atoms with Gasteiger partial charge in [-0.15, -0.1) is 0 Å². The highest BCUT2D eigenvalue weighted by molar-refractivity contribution is 9.10. The molecule has 0 aliphatic heterocycles. The van der Waals surface area contributed by atoms with Gasteiger partial charge in [0.1, 0.15) is 12.4 Å². The van der Waals surface area contributed by atoms with Gasteiger partial charge in [-0.25, -0.2) is 0 Å². The van der Waals surface area contributed by atoms with Crippen molar-refractivity contribution in [2.75, 3.05) is 12.4 Å². The fraction of sp³-hybridized carbons (Fsp3) is 0.150. The lowest BCUT2D eigenvalue weighted by molar-refractivity contribution is 0.0992. The zero-order valence-corrected chi connectivity index (χ0v) is 16.0. The molecule has 3 rings (SSSR count). The number of carbonyl (C=O) groups excluding carboxylic acids is 1. The molecule has 0 unspecified atom stereocenters. The molecular formula is C20H18BrNO4. The van der Waals surface area contributed by atoms with E-state index in [1.807, 2.05) is 49.4 Å². The van der Waals surface area contributed by atoms with Crippen LogP contribution in [0.1, 0.15) is 21.9 Å². The van der Waals surface area contributed by atoms with Gasteiger partial charge in [-0.3, -0.25) is 4.79 Å². The van der Waals surface area contributed by atoms with E-state index in [1.165, 1.54) is 0 Å². The molecule has 1 N–H and O–H groups in total. The quantitative estimate of drug-likeness (QED) is 0.601. The summed E-state index contributed by atoms with van der Waals surface area (Å²) in [4.78, 5) is 12.3. The van der Waals surface area contributed by atoms with Crippen molar-refractivity contribution in [2.24, 2.45) is 0 Å². The number of para-hydroxylation sites is 2. The number of methoxy groups -OCH3 is 1. The van der Waals surface area contributed by atoms with Crippen LogP contribution >= 0.6 is 15.9 Å². The number of ether oxygens (including phenoxy) is 2. The number of furan rings is 1. The molecule has 26 heavy (non-hydrogen) atoms. The first kappa shape index (κ1) is 18.1. The average Bonchev–Trinajstić information content (AvgIpc) is 3.12. The summed E-state index contributed by atoms with van der Waals surface area (Å²) in [5.74, 6) is 1.71. The molecule has 0 aliphatic carbocycles. The summed E-state index contributed by atoms with van der Waals surface area (Å²) >= 11 is 3.45. The lowest BCUT2D eigenvalue weighted by atomic mass is 10.2. The Kier molecular flexibility index (Phi) is 5.63. The molecular weight excluding hydrogens is 398 g/mol. The van der Waals surface area contributed by atoms with Gasteiger partial charge < -0.3 is 19.2 Å². The summed E-state index contributed by atoms with van der Waals surface area (Å²) in [5.41, 5.74) is 1.78. The van der Waals surface area contributed by atoms with Crippen LogP contribution in [-0.2, 0) is 6.61 Å². The van der Waals surface area contributed by atoms with Crippen molar-refractivity contribution in [3.63, 3.8) is 0 Å². The first-order valence-electron chi connectivity index (χ1n) is 7.99. The van der Waals surface area contributed by atoms with Crippen LogP contribution in [0.15, 0.2) is 63.5 Å². The number of hydrogen-bond acceptors (Lipinski definition) is 4. The molecule has 3 aromatic rings. The summed E-state index contributed by atoms with van der Waals surface area (Å²) in [5, 5.41) is 2.81. The van der Waals surface area contributed by atoms with Gasteiger partial charge in [0.15, 0.2) is 17.3 Å². The molecule has 0 aliphatic rings. The molecule has 0 fully saturated rings. The maximum absolute atomic E-state index is 12.3.